The van der Waals surface area contributed by atoms with E-state index in [1.807, 2.05) is 0 Å². The maximum Gasteiger partial charge on any atom is 0.290 e. The number of hydrogen-bond acceptors (Lipinski definition) is 4. The Morgan fingerprint density at radius 3 is 2.50 bits per heavy atom. The number of hydrogen-bond donors (Lipinski definition) is 4. The number of phenols is 1. The molecule has 1 unspecified atom stereocenters. The lowest BCUT2D eigenvalue weighted by molar-refractivity contribution is -0.122. The summed E-state index contributed by atoms with van der Waals surface area (Å²) in [6.45, 7) is -0.0799. The zero-order valence-corrected chi connectivity index (χ0v) is 7.50. The number of phenolic OH excluding ortho intramolecular Hbond substituents is 1. The summed E-state index contributed by atoms with van der Waals surface area (Å²) in [6, 6.07) is 6.44. The fourth-order valence-corrected chi connectivity index (χ4v) is 0.868. The van der Waals surface area contributed by atoms with Crippen molar-refractivity contribution in [2.45, 2.75) is 6.10 Å². The standard InChI is InChI=1S/C8H11NO2.CH2O2/c9-5-8(11)6-2-1-3-7(10)4-6;2-1-3/h1-4,8,10-11H,5,9H2;1H,(H,2,3). The van der Waals surface area contributed by atoms with E-state index in [4.69, 9.17) is 20.7 Å². The van der Waals surface area contributed by atoms with Gasteiger partial charge in [0.1, 0.15) is 5.75 Å². The summed E-state index contributed by atoms with van der Waals surface area (Å²) < 4.78 is 0. The minimum absolute atomic E-state index is 0.148. The average molecular weight is 199 g/mol. The molecule has 1 rings (SSSR count). The van der Waals surface area contributed by atoms with Crippen LogP contribution in [0, 0.1) is 0 Å². The van der Waals surface area contributed by atoms with E-state index in [-0.39, 0.29) is 18.8 Å². The third-order valence-electron chi connectivity index (χ3n) is 1.48. The highest BCUT2D eigenvalue weighted by Gasteiger charge is 2.03. The minimum atomic E-state index is -0.679. The van der Waals surface area contributed by atoms with Crippen LogP contribution >= 0.6 is 0 Å². The summed E-state index contributed by atoms with van der Waals surface area (Å²) >= 11 is 0. The molecule has 1 aromatic carbocycles. The summed E-state index contributed by atoms with van der Waals surface area (Å²) in [4.78, 5) is 8.36. The van der Waals surface area contributed by atoms with Crippen LogP contribution in [0.5, 0.6) is 5.75 Å². The lowest BCUT2D eigenvalue weighted by atomic mass is 10.1. The number of rotatable bonds is 2. The molecule has 0 aliphatic rings. The summed E-state index contributed by atoms with van der Waals surface area (Å²) in [6.07, 6.45) is -0.679. The molecule has 0 bridgehead atoms. The van der Waals surface area contributed by atoms with Gasteiger partial charge < -0.3 is 21.1 Å². The topological polar surface area (TPSA) is 104 Å². The quantitative estimate of drug-likeness (QED) is 0.505. The number of nitrogens with two attached hydrogens (primary N) is 1. The van der Waals surface area contributed by atoms with Crippen molar-refractivity contribution in [1.29, 1.82) is 0 Å². The van der Waals surface area contributed by atoms with Crippen LogP contribution in [-0.2, 0) is 4.79 Å². The second kappa shape index (κ2) is 6.88. The van der Waals surface area contributed by atoms with Gasteiger partial charge in [-0.2, -0.15) is 0 Å². The molecule has 0 radical (unpaired) electrons. The predicted molar refractivity (Wildman–Crippen MR) is 50.8 cm³/mol. The SMILES string of the molecule is NCC(O)c1cccc(O)c1.O=CO. The Kier molecular flexibility index (Phi) is 6.09. The van der Waals surface area contributed by atoms with Crippen LogP contribution in [0.2, 0.25) is 0 Å². The van der Waals surface area contributed by atoms with E-state index in [1.54, 1.807) is 18.2 Å². The normalized spacial score (nSPS) is 11.0. The van der Waals surface area contributed by atoms with Crippen LogP contribution in [0.1, 0.15) is 11.7 Å². The van der Waals surface area contributed by atoms with Crippen LogP contribution in [0.25, 0.3) is 0 Å². The van der Waals surface area contributed by atoms with Gasteiger partial charge in [0, 0.05) is 6.54 Å². The highest BCUT2D eigenvalue weighted by Crippen LogP contribution is 2.16. The molecule has 0 fully saturated rings. The zero-order valence-electron chi connectivity index (χ0n) is 7.50. The van der Waals surface area contributed by atoms with Crippen molar-refractivity contribution < 1.29 is 20.1 Å². The van der Waals surface area contributed by atoms with E-state index in [0.717, 1.165) is 0 Å². The van der Waals surface area contributed by atoms with Crippen molar-refractivity contribution in [3.05, 3.63) is 29.8 Å². The van der Waals surface area contributed by atoms with Crippen molar-refractivity contribution in [3.8, 4) is 5.75 Å². The van der Waals surface area contributed by atoms with E-state index in [0.29, 0.717) is 5.56 Å². The molecule has 0 heterocycles. The number of aromatic hydroxyl groups is 1. The molecule has 5 heteroatoms. The Morgan fingerprint density at radius 1 is 1.50 bits per heavy atom. The fraction of sp³-hybridized carbons (Fsp3) is 0.222. The Labute approximate surface area is 81.4 Å². The first kappa shape index (κ1) is 12.4. The van der Waals surface area contributed by atoms with E-state index in [1.165, 1.54) is 6.07 Å². The fourth-order valence-electron chi connectivity index (χ4n) is 0.868. The van der Waals surface area contributed by atoms with Gasteiger partial charge in [0.25, 0.3) is 6.47 Å². The van der Waals surface area contributed by atoms with Crippen molar-refractivity contribution in [2.75, 3.05) is 6.54 Å². The molecular formula is C9H13NO4. The Hall–Kier alpha value is -1.59. The summed E-state index contributed by atoms with van der Waals surface area (Å²) in [5, 5.41) is 25.1. The Morgan fingerprint density at radius 2 is 2.07 bits per heavy atom. The van der Waals surface area contributed by atoms with Crippen LogP contribution in [-0.4, -0.2) is 28.3 Å². The molecule has 1 aromatic rings. The summed E-state index contributed by atoms with van der Waals surface area (Å²) in [7, 11) is 0. The van der Waals surface area contributed by atoms with Gasteiger partial charge in [0.2, 0.25) is 0 Å². The molecule has 78 valence electrons. The lowest BCUT2D eigenvalue weighted by Gasteiger charge is -2.06. The van der Waals surface area contributed by atoms with Crippen LogP contribution in [0.15, 0.2) is 24.3 Å². The monoisotopic (exact) mass is 199 g/mol. The Bertz CT molecular complexity index is 277. The second-order valence-electron chi connectivity index (χ2n) is 2.45. The highest BCUT2D eigenvalue weighted by molar-refractivity contribution is 5.32. The third kappa shape index (κ3) is 4.44. The van der Waals surface area contributed by atoms with E-state index in [2.05, 4.69) is 0 Å². The maximum atomic E-state index is 9.22. The van der Waals surface area contributed by atoms with Crippen molar-refractivity contribution in [2.24, 2.45) is 5.73 Å². The second-order valence-corrected chi connectivity index (χ2v) is 2.45. The smallest absolute Gasteiger partial charge is 0.290 e. The first-order chi connectivity index (χ1) is 6.65. The molecule has 0 saturated heterocycles. The zero-order chi connectivity index (χ0) is 11.0. The van der Waals surface area contributed by atoms with E-state index < -0.39 is 6.10 Å². The lowest BCUT2D eigenvalue weighted by Crippen LogP contribution is -2.11. The summed E-state index contributed by atoms with van der Waals surface area (Å²) in [5.74, 6) is 0.148. The van der Waals surface area contributed by atoms with E-state index >= 15 is 0 Å². The molecule has 0 aliphatic carbocycles. The molecule has 0 saturated carbocycles. The number of aliphatic hydroxyl groups excluding tert-OH is 1. The number of carbonyl (C=O) groups is 1. The van der Waals surface area contributed by atoms with Gasteiger partial charge in [-0.15, -0.1) is 0 Å². The Balaban J connectivity index is 0.000000500. The van der Waals surface area contributed by atoms with Crippen LogP contribution < -0.4 is 5.73 Å². The van der Waals surface area contributed by atoms with Crippen molar-refractivity contribution >= 4 is 6.47 Å². The van der Waals surface area contributed by atoms with Gasteiger partial charge in [-0.05, 0) is 17.7 Å². The van der Waals surface area contributed by atoms with Gasteiger partial charge in [-0.1, -0.05) is 12.1 Å². The number of aliphatic hydroxyl groups is 1. The van der Waals surface area contributed by atoms with Gasteiger partial charge in [-0.25, -0.2) is 0 Å². The first-order valence-electron chi connectivity index (χ1n) is 3.90. The van der Waals surface area contributed by atoms with E-state index in [9.17, 15) is 5.11 Å². The summed E-state index contributed by atoms with van der Waals surface area (Å²) in [5.41, 5.74) is 5.87. The predicted octanol–water partition coefficient (Wildman–Crippen LogP) is 0.0851. The molecule has 0 amide bonds. The third-order valence-corrected chi connectivity index (χ3v) is 1.48. The first-order valence-corrected chi connectivity index (χ1v) is 3.90. The van der Waals surface area contributed by atoms with Gasteiger partial charge in [0.05, 0.1) is 6.10 Å². The number of carboxylic acid groups (broad SMARTS) is 1. The average Bonchev–Trinajstić information content (AvgIpc) is 2.18. The van der Waals surface area contributed by atoms with Crippen molar-refractivity contribution in [3.63, 3.8) is 0 Å². The molecule has 1 atom stereocenters. The molecular weight excluding hydrogens is 186 g/mol. The van der Waals surface area contributed by atoms with Crippen LogP contribution in [0.3, 0.4) is 0 Å². The number of benzene rings is 1. The maximum absolute atomic E-state index is 9.22. The van der Waals surface area contributed by atoms with Crippen molar-refractivity contribution in [1.82, 2.24) is 0 Å². The molecule has 5 N–H and O–H groups in total. The largest absolute Gasteiger partial charge is 0.508 e. The molecule has 0 spiro atoms. The van der Waals surface area contributed by atoms with Gasteiger partial charge in [0.15, 0.2) is 0 Å². The molecule has 0 aliphatic heterocycles. The minimum Gasteiger partial charge on any atom is -0.508 e. The highest BCUT2D eigenvalue weighted by atomic mass is 16.3. The van der Waals surface area contributed by atoms with Crippen LogP contribution in [0.4, 0.5) is 0 Å². The molecule has 5 nitrogen and oxygen atoms in total. The van der Waals surface area contributed by atoms with Gasteiger partial charge in [-0.3, -0.25) is 4.79 Å². The van der Waals surface area contributed by atoms with Gasteiger partial charge >= 0.3 is 0 Å². The molecule has 0 aromatic heterocycles. The molecule has 14 heavy (non-hydrogen) atoms.